The number of carbonyl (C=O) groups excluding carboxylic acids is 1. The zero-order valence-electron chi connectivity index (χ0n) is 11.5. The summed E-state index contributed by atoms with van der Waals surface area (Å²) in [6, 6.07) is 0. The Hall–Kier alpha value is -0.700. The van der Waals surface area contributed by atoms with Crippen molar-refractivity contribution < 1.29 is 23.1 Å². The maximum atomic E-state index is 12.1. The Balaban J connectivity index is 1.82. The van der Waals surface area contributed by atoms with Crippen LogP contribution in [-0.2, 0) is 19.6 Å². The smallest absolute Gasteiger partial charge is 0.223 e. The summed E-state index contributed by atoms with van der Waals surface area (Å²) in [5.41, 5.74) is 0. The van der Waals surface area contributed by atoms with Gasteiger partial charge in [0.2, 0.25) is 15.9 Å². The minimum Gasteiger partial charge on any atom is -0.391 e. The molecular formula is C12H22N2O5S. The Morgan fingerprint density at radius 1 is 1.25 bits per heavy atom. The number of sulfonamides is 1. The van der Waals surface area contributed by atoms with Crippen molar-refractivity contribution in [1.82, 2.24) is 9.21 Å². The number of piperidine rings is 1. The average Bonchev–Trinajstić information content (AvgIpc) is 2.46. The third-order valence-electron chi connectivity index (χ3n) is 3.69. The Labute approximate surface area is 119 Å². The summed E-state index contributed by atoms with van der Waals surface area (Å²) < 4.78 is 30.7. The number of likely N-dealkylation sites (tertiary alicyclic amines) is 1. The summed E-state index contributed by atoms with van der Waals surface area (Å²) in [6.07, 6.45) is 0.967. The molecule has 0 aromatic carbocycles. The molecule has 2 fully saturated rings. The van der Waals surface area contributed by atoms with Crippen molar-refractivity contribution in [3.63, 3.8) is 0 Å². The van der Waals surface area contributed by atoms with Gasteiger partial charge in [0, 0.05) is 32.6 Å². The molecule has 2 heterocycles. The third-order valence-corrected chi connectivity index (χ3v) is 5.56. The second-order valence-corrected chi connectivity index (χ2v) is 7.30. The van der Waals surface area contributed by atoms with Gasteiger partial charge in [-0.05, 0) is 12.8 Å². The first-order valence-electron chi connectivity index (χ1n) is 7.00. The van der Waals surface area contributed by atoms with E-state index in [1.54, 1.807) is 4.90 Å². The van der Waals surface area contributed by atoms with Crippen LogP contribution in [0.15, 0.2) is 0 Å². The molecule has 0 aliphatic carbocycles. The van der Waals surface area contributed by atoms with Gasteiger partial charge in [-0.2, -0.15) is 4.31 Å². The normalized spacial score (nSPS) is 25.6. The summed E-state index contributed by atoms with van der Waals surface area (Å²) in [5.74, 6) is -0.362. The molecule has 0 radical (unpaired) electrons. The number of carbonyl (C=O) groups is 1. The van der Waals surface area contributed by atoms with E-state index >= 15 is 0 Å². The summed E-state index contributed by atoms with van der Waals surface area (Å²) in [5, 5.41) is 9.53. The van der Waals surface area contributed by atoms with E-state index in [2.05, 4.69) is 0 Å². The van der Waals surface area contributed by atoms with E-state index in [0.29, 0.717) is 45.8 Å². The summed E-state index contributed by atoms with van der Waals surface area (Å²) >= 11 is 0. The van der Waals surface area contributed by atoms with Crippen LogP contribution in [0.2, 0.25) is 0 Å². The lowest BCUT2D eigenvalue weighted by Crippen LogP contribution is -2.45. The van der Waals surface area contributed by atoms with Gasteiger partial charge in [-0.25, -0.2) is 8.42 Å². The molecule has 2 saturated heterocycles. The van der Waals surface area contributed by atoms with Gasteiger partial charge in [-0.15, -0.1) is 0 Å². The molecule has 0 aromatic heterocycles. The van der Waals surface area contributed by atoms with Crippen molar-refractivity contribution in [3.05, 3.63) is 0 Å². The van der Waals surface area contributed by atoms with Crippen LogP contribution in [0.25, 0.3) is 0 Å². The number of nitrogens with zero attached hydrogens (tertiary/aromatic N) is 2. The highest BCUT2D eigenvalue weighted by Gasteiger charge is 2.27. The molecular weight excluding hydrogens is 284 g/mol. The third kappa shape index (κ3) is 4.15. The quantitative estimate of drug-likeness (QED) is 0.721. The van der Waals surface area contributed by atoms with E-state index < -0.39 is 16.1 Å². The van der Waals surface area contributed by atoms with Crippen molar-refractivity contribution >= 4 is 15.9 Å². The number of hydrogen-bond acceptors (Lipinski definition) is 5. The van der Waals surface area contributed by atoms with Gasteiger partial charge >= 0.3 is 0 Å². The van der Waals surface area contributed by atoms with Crippen LogP contribution < -0.4 is 0 Å². The molecule has 1 amide bonds. The lowest BCUT2D eigenvalue weighted by atomic mass is 10.1. The lowest BCUT2D eigenvalue weighted by molar-refractivity contribution is -0.133. The van der Waals surface area contributed by atoms with Gasteiger partial charge in [0.1, 0.15) is 0 Å². The Kier molecular flexibility index (Phi) is 5.36. The van der Waals surface area contributed by atoms with Gasteiger partial charge in [-0.3, -0.25) is 4.79 Å². The molecule has 7 nitrogen and oxygen atoms in total. The summed E-state index contributed by atoms with van der Waals surface area (Å²) in [4.78, 5) is 13.5. The topological polar surface area (TPSA) is 87.2 Å². The molecule has 2 aliphatic heterocycles. The van der Waals surface area contributed by atoms with E-state index in [0.717, 1.165) is 6.42 Å². The van der Waals surface area contributed by atoms with Gasteiger partial charge < -0.3 is 14.7 Å². The number of aliphatic hydroxyl groups is 1. The molecule has 1 atom stereocenters. The standard InChI is InChI=1S/C12H22N2O5S/c15-11-2-1-4-13(10-11)12(16)3-9-20(17,18)14-5-7-19-8-6-14/h11,15H,1-10H2/t11-/m0/s1. The maximum Gasteiger partial charge on any atom is 0.223 e. The molecule has 0 saturated carbocycles. The van der Waals surface area contributed by atoms with E-state index in [-0.39, 0.29) is 18.1 Å². The SMILES string of the molecule is O=C(CCS(=O)(=O)N1CCOCC1)N1CCC[C@H](O)C1. The second kappa shape index (κ2) is 6.84. The van der Waals surface area contributed by atoms with Crippen LogP contribution in [0.3, 0.4) is 0 Å². The van der Waals surface area contributed by atoms with Crippen LogP contribution in [0.5, 0.6) is 0 Å². The van der Waals surface area contributed by atoms with E-state index in [9.17, 15) is 18.3 Å². The average molecular weight is 306 g/mol. The minimum absolute atomic E-state index is 0.0214. The largest absolute Gasteiger partial charge is 0.391 e. The number of β-amino-alcohol motifs (C(OH)–C–C–N with tert-alkyl or cyclic N) is 1. The molecule has 0 bridgehead atoms. The molecule has 8 heteroatoms. The molecule has 116 valence electrons. The van der Waals surface area contributed by atoms with Gasteiger partial charge in [0.05, 0.1) is 25.1 Å². The minimum atomic E-state index is -3.39. The Morgan fingerprint density at radius 2 is 1.95 bits per heavy atom. The highest BCUT2D eigenvalue weighted by Crippen LogP contribution is 2.12. The number of ether oxygens (including phenoxy) is 1. The van der Waals surface area contributed by atoms with Crippen molar-refractivity contribution in [1.29, 1.82) is 0 Å². The number of rotatable bonds is 4. The highest BCUT2D eigenvalue weighted by atomic mass is 32.2. The highest BCUT2D eigenvalue weighted by molar-refractivity contribution is 7.89. The zero-order valence-corrected chi connectivity index (χ0v) is 12.3. The monoisotopic (exact) mass is 306 g/mol. The Morgan fingerprint density at radius 3 is 2.60 bits per heavy atom. The number of amides is 1. The first-order chi connectivity index (χ1) is 9.49. The van der Waals surface area contributed by atoms with Crippen LogP contribution >= 0.6 is 0 Å². The fraction of sp³-hybridized carbons (Fsp3) is 0.917. The van der Waals surface area contributed by atoms with Crippen molar-refractivity contribution in [2.75, 3.05) is 45.1 Å². The fourth-order valence-corrected chi connectivity index (χ4v) is 3.91. The number of aliphatic hydroxyl groups excluding tert-OH is 1. The first-order valence-corrected chi connectivity index (χ1v) is 8.61. The molecule has 0 aromatic rings. The van der Waals surface area contributed by atoms with Crippen LogP contribution in [0.1, 0.15) is 19.3 Å². The Bertz CT molecular complexity index is 433. The van der Waals surface area contributed by atoms with Crippen LogP contribution in [0, 0.1) is 0 Å². The van der Waals surface area contributed by atoms with E-state index in [1.807, 2.05) is 0 Å². The van der Waals surface area contributed by atoms with Crippen LogP contribution in [0.4, 0.5) is 0 Å². The predicted octanol–water partition coefficient (Wildman–Crippen LogP) is -0.978. The summed E-state index contributed by atoms with van der Waals surface area (Å²) in [6.45, 7) is 2.46. The molecule has 1 N–H and O–H groups in total. The van der Waals surface area contributed by atoms with E-state index in [1.165, 1.54) is 4.31 Å². The predicted molar refractivity (Wildman–Crippen MR) is 72.6 cm³/mol. The lowest BCUT2D eigenvalue weighted by Gasteiger charge is -2.30. The van der Waals surface area contributed by atoms with E-state index in [4.69, 9.17) is 4.74 Å². The number of morpholine rings is 1. The van der Waals surface area contributed by atoms with Crippen molar-refractivity contribution in [2.24, 2.45) is 0 Å². The molecule has 0 spiro atoms. The second-order valence-electron chi connectivity index (χ2n) is 5.21. The van der Waals surface area contributed by atoms with Crippen LogP contribution in [-0.4, -0.2) is 79.9 Å². The fourth-order valence-electron chi connectivity index (χ4n) is 2.51. The first kappa shape index (κ1) is 15.7. The van der Waals surface area contributed by atoms with Gasteiger partial charge in [0.15, 0.2) is 0 Å². The number of hydrogen-bond donors (Lipinski definition) is 1. The zero-order chi connectivity index (χ0) is 14.6. The molecule has 20 heavy (non-hydrogen) atoms. The molecule has 2 rings (SSSR count). The maximum absolute atomic E-state index is 12.1. The van der Waals surface area contributed by atoms with Crippen molar-refractivity contribution in [3.8, 4) is 0 Å². The summed E-state index contributed by atoms with van der Waals surface area (Å²) in [7, 11) is -3.39. The molecule has 2 aliphatic rings. The van der Waals surface area contributed by atoms with Gasteiger partial charge in [-0.1, -0.05) is 0 Å². The van der Waals surface area contributed by atoms with Crippen molar-refractivity contribution in [2.45, 2.75) is 25.4 Å². The van der Waals surface area contributed by atoms with Gasteiger partial charge in [0.25, 0.3) is 0 Å². The molecule has 0 unspecified atom stereocenters.